The average Bonchev–Trinajstić information content (AvgIpc) is 2.64. The highest BCUT2D eigenvalue weighted by atomic mass is 19.1. The summed E-state index contributed by atoms with van der Waals surface area (Å²) in [4.78, 5) is 12.1. The molecule has 0 aliphatic carbocycles. The van der Waals surface area contributed by atoms with Crippen molar-refractivity contribution in [1.82, 2.24) is 0 Å². The van der Waals surface area contributed by atoms with Gasteiger partial charge in [-0.25, -0.2) is 4.39 Å². The minimum absolute atomic E-state index is 0.141. The van der Waals surface area contributed by atoms with Gasteiger partial charge in [0.15, 0.2) is 11.6 Å². The van der Waals surface area contributed by atoms with Gasteiger partial charge < -0.3 is 19.5 Å². The summed E-state index contributed by atoms with van der Waals surface area (Å²) < 4.78 is 29.1. The molecule has 0 aliphatic heterocycles. The van der Waals surface area contributed by atoms with Crippen LogP contribution in [0.5, 0.6) is 11.5 Å². The molecule has 0 aliphatic rings. The van der Waals surface area contributed by atoms with E-state index in [9.17, 15) is 9.18 Å². The number of rotatable bonds is 10. The average molecular weight is 361 g/mol. The number of hydrogen-bond donors (Lipinski definition) is 1. The van der Waals surface area contributed by atoms with E-state index in [0.717, 1.165) is 12.0 Å². The molecule has 1 amide bonds. The number of benzene rings is 2. The van der Waals surface area contributed by atoms with E-state index in [2.05, 4.69) is 5.32 Å². The summed E-state index contributed by atoms with van der Waals surface area (Å²) in [7, 11) is 3.07. The Morgan fingerprint density at radius 2 is 1.96 bits per heavy atom. The van der Waals surface area contributed by atoms with E-state index in [0.29, 0.717) is 31.1 Å². The Labute approximate surface area is 153 Å². The van der Waals surface area contributed by atoms with Crippen LogP contribution in [0, 0.1) is 5.82 Å². The largest absolute Gasteiger partial charge is 0.494 e. The molecular weight excluding hydrogens is 337 g/mol. The molecule has 26 heavy (non-hydrogen) atoms. The summed E-state index contributed by atoms with van der Waals surface area (Å²) in [6.07, 6.45) is 1.50. The number of nitrogens with one attached hydrogen (secondary N) is 1. The molecule has 0 unspecified atom stereocenters. The predicted molar refractivity (Wildman–Crippen MR) is 98.3 cm³/mol. The Morgan fingerprint density at radius 1 is 1.12 bits per heavy atom. The molecule has 0 bridgehead atoms. The number of amides is 1. The lowest BCUT2D eigenvalue weighted by molar-refractivity contribution is -0.116. The van der Waals surface area contributed by atoms with E-state index in [1.807, 2.05) is 12.1 Å². The first-order chi connectivity index (χ1) is 12.6. The van der Waals surface area contributed by atoms with E-state index in [1.165, 1.54) is 13.2 Å². The minimum Gasteiger partial charge on any atom is -0.494 e. The highest BCUT2D eigenvalue weighted by Crippen LogP contribution is 2.20. The van der Waals surface area contributed by atoms with Gasteiger partial charge in [-0.15, -0.1) is 0 Å². The molecule has 140 valence electrons. The zero-order valence-electron chi connectivity index (χ0n) is 15.1. The molecule has 0 saturated carbocycles. The number of ether oxygens (including phenoxy) is 3. The summed E-state index contributed by atoms with van der Waals surface area (Å²) >= 11 is 0. The van der Waals surface area contributed by atoms with Gasteiger partial charge in [-0.1, -0.05) is 12.1 Å². The van der Waals surface area contributed by atoms with Crippen LogP contribution < -0.4 is 14.8 Å². The lowest BCUT2D eigenvalue weighted by atomic mass is 10.1. The van der Waals surface area contributed by atoms with Gasteiger partial charge >= 0.3 is 0 Å². The van der Waals surface area contributed by atoms with Crippen molar-refractivity contribution in [3.05, 3.63) is 53.8 Å². The first-order valence-corrected chi connectivity index (χ1v) is 8.46. The molecule has 0 spiro atoms. The van der Waals surface area contributed by atoms with Crippen molar-refractivity contribution in [1.29, 1.82) is 0 Å². The Bertz CT molecular complexity index is 721. The minimum atomic E-state index is -0.427. The second-order valence-electron chi connectivity index (χ2n) is 5.74. The maximum absolute atomic E-state index is 13.7. The first kappa shape index (κ1) is 19.7. The summed E-state index contributed by atoms with van der Waals surface area (Å²) in [5, 5.41) is 2.83. The molecule has 2 aromatic carbocycles. The smallest absolute Gasteiger partial charge is 0.224 e. The molecule has 5 nitrogen and oxygen atoms in total. The van der Waals surface area contributed by atoms with Crippen molar-refractivity contribution >= 4 is 11.6 Å². The quantitative estimate of drug-likeness (QED) is 0.654. The zero-order valence-corrected chi connectivity index (χ0v) is 15.1. The SMILES string of the molecule is COCCCOc1cccc(NC(=O)CCc2ccc(OC)c(F)c2)c1. The highest BCUT2D eigenvalue weighted by molar-refractivity contribution is 5.91. The zero-order chi connectivity index (χ0) is 18.8. The Morgan fingerprint density at radius 3 is 2.69 bits per heavy atom. The van der Waals surface area contributed by atoms with Crippen LogP contribution in [0.1, 0.15) is 18.4 Å². The summed E-state index contributed by atoms with van der Waals surface area (Å²) in [6.45, 7) is 1.19. The number of hydrogen-bond acceptors (Lipinski definition) is 4. The second-order valence-corrected chi connectivity index (χ2v) is 5.74. The first-order valence-electron chi connectivity index (χ1n) is 8.46. The van der Waals surface area contributed by atoms with Crippen molar-refractivity contribution in [2.45, 2.75) is 19.3 Å². The molecule has 0 heterocycles. The third-order valence-corrected chi connectivity index (χ3v) is 3.74. The van der Waals surface area contributed by atoms with Crippen molar-refractivity contribution in [3.63, 3.8) is 0 Å². The van der Waals surface area contributed by atoms with Gasteiger partial charge in [0.05, 0.1) is 13.7 Å². The molecule has 0 saturated heterocycles. The van der Waals surface area contributed by atoms with Crippen molar-refractivity contribution in [2.24, 2.45) is 0 Å². The van der Waals surface area contributed by atoms with E-state index >= 15 is 0 Å². The molecule has 0 atom stereocenters. The molecule has 0 radical (unpaired) electrons. The maximum atomic E-state index is 13.7. The molecule has 0 fully saturated rings. The second kappa shape index (κ2) is 10.4. The third-order valence-electron chi connectivity index (χ3n) is 3.74. The van der Waals surface area contributed by atoms with Crippen molar-refractivity contribution in [2.75, 3.05) is 32.8 Å². The van der Waals surface area contributed by atoms with Crippen LogP contribution >= 0.6 is 0 Å². The lowest BCUT2D eigenvalue weighted by Crippen LogP contribution is -2.12. The maximum Gasteiger partial charge on any atom is 0.224 e. The van der Waals surface area contributed by atoms with E-state index in [-0.39, 0.29) is 18.1 Å². The van der Waals surface area contributed by atoms with Gasteiger partial charge in [-0.3, -0.25) is 4.79 Å². The number of methoxy groups -OCH3 is 2. The van der Waals surface area contributed by atoms with E-state index < -0.39 is 5.82 Å². The lowest BCUT2D eigenvalue weighted by Gasteiger charge is -2.09. The van der Waals surface area contributed by atoms with Crippen LogP contribution in [0.3, 0.4) is 0 Å². The molecule has 1 N–H and O–H groups in total. The van der Waals surface area contributed by atoms with Crippen LogP contribution in [-0.2, 0) is 16.0 Å². The van der Waals surface area contributed by atoms with Gasteiger partial charge in [0.25, 0.3) is 0 Å². The fraction of sp³-hybridized carbons (Fsp3) is 0.350. The van der Waals surface area contributed by atoms with Crippen molar-refractivity contribution in [3.8, 4) is 11.5 Å². The molecule has 6 heteroatoms. The molecular formula is C20H24FNO4. The molecule has 2 aromatic rings. The summed E-state index contributed by atoms with van der Waals surface area (Å²) in [6, 6.07) is 11.9. The van der Waals surface area contributed by atoms with Gasteiger partial charge in [0, 0.05) is 38.3 Å². The Kier molecular flexibility index (Phi) is 7.89. The van der Waals surface area contributed by atoms with Gasteiger partial charge in [-0.05, 0) is 36.2 Å². The summed E-state index contributed by atoms with van der Waals surface area (Å²) in [5.41, 5.74) is 1.41. The van der Waals surface area contributed by atoms with Crippen molar-refractivity contribution < 1.29 is 23.4 Å². The van der Waals surface area contributed by atoms with Crippen LogP contribution in [0.2, 0.25) is 0 Å². The number of aryl methyl sites for hydroxylation is 1. The summed E-state index contributed by atoms with van der Waals surface area (Å²) in [5.74, 6) is 0.318. The molecule has 2 rings (SSSR count). The predicted octanol–water partition coefficient (Wildman–Crippen LogP) is 3.82. The third kappa shape index (κ3) is 6.37. The van der Waals surface area contributed by atoms with Gasteiger partial charge in [-0.2, -0.15) is 0 Å². The Hall–Kier alpha value is -2.60. The van der Waals surface area contributed by atoms with E-state index in [4.69, 9.17) is 14.2 Å². The molecule has 0 aromatic heterocycles. The topological polar surface area (TPSA) is 56.8 Å². The van der Waals surface area contributed by atoms with Crippen LogP contribution in [0.15, 0.2) is 42.5 Å². The standard InChI is InChI=1S/C20H24FNO4/c1-24-11-4-12-26-17-6-3-5-16(14-17)22-20(23)10-8-15-7-9-19(25-2)18(21)13-15/h3,5-7,9,13-14H,4,8,10-12H2,1-2H3,(H,22,23). The monoisotopic (exact) mass is 361 g/mol. The van der Waals surface area contributed by atoms with Gasteiger partial charge in [0.1, 0.15) is 5.75 Å². The fourth-order valence-corrected chi connectivity index (χ4v) is 2.40. The normalized spacial score (nSPS) is 10.4. The van der Waals surface area contributed by atoms with E-state index in [1.54, 1.807) is 31.4 Å². The number of carbonyl (C=O) groups excluding carboxylic acids is 1. The van der Waals surface area contributed by atoms with Crippen LogP contribution in [0.25, 0.3) is 0 Å². The number of halogens is 1. The van der Waals surface area contributed by atoms with Gasteiger partial charge in [0.2, 0.25) is 5.91 Å². The van der Waals surface area contributed by atoms with Crippen LogP contribution in [0.4, 0.5) is 10.1 Å². The fourth-order valence-electron chi connectivity index (χ4n) is 2.40. The highest BCUT2D eigenvalue weighted by Gasteiger charge is 2.07. The number of carbonyl (C=O) groups is 1. The van der Waals surface area contributed by atoms with Crippen LogP contribution in [-0.4, -0.2) is 33.3 Å². The Balaban J connectivity index is 1.82. The number of anilines is 1.